The van der Waals surface area contributed by atoms with Crippen molar-refractivity contribution >= 4 is 21.4 Å². The van der Waals surface area contributed by atoms with Gasteiger partial charge in [0.25, 0.3) is 0 Å². The lowest BCUT2D eigenvalue weighted by Gasteiger charge is -2.01. The Kier molecular flexibility index (Phi) is 2.90. The number of nitrogens with one attached hydrogen (secondary N) is 3. The Morgan fingerprint density at radius 1 is 1.50 bits per heavy atom. The summed E-state index contributed by atoms with van der Waals surface area (Å²) in [5, 5.41) is 7.53. The van der Waals surface area contributed by atoms with E-state index in [1.165, 1.54) is 12.4 Å². The van der Waals surface area contributed by atoms with Gasteiger partial charge in [-0.05, 0) is 0 Å². The van der Waals surface area contributed by atoms with Crippen LogP contribution in [0.1, 0.15) is 5.69 Å². The quantitative estimate of drug-likeness (QED) is 0.697. The van der Waals surface area contributed by atoms with Gasteiger partial charge in [-0.3, -0.25) is 9.89 Å². The fourth-order valence-electron chi connectivity index (χ4n) is 1.04. The molecule has 86 valence electrons. The number of nitrogens with zero attached hydrogens (tertiary/aromatic N) is 1. The van der Waals surface area contributed by atoms with Crippen LogP contribution in [0.2, 0.25) is 0 Å². The van der Waals surface area contributed by atoms with Crippen LogP contribution in [0.4, 0.5) is 0 Å². The minimum absolute atomic E-state index is 0.0479. The molecule has 0 atom stereocenters. The van der Waals surface area contributed by atoms with Crippen molar-refractivity contribution in [3.63, 3.8) is 0 Å². The molecule has 3 N–H and O–H groups in total. The maximum atomic E-state index is 11.6. The lowest BCUT2D eigenvalue weighted by atomic mass is 10.5. The zero-order chi connectivity index (χ0) is 11.6. The Morgan fingerprint density at radius 2 is 2.31 bits per heavy atom. The van der Waals surface area contributed by atoms with Crippen molar-refractivity contribution in [2.45, 2.75) is 11.4 Å². The zero-order valence-corrected chi connectivity index (χ0v) is 9.56. The molecular weight excluding hydrogens is 252 g/mol. The van der Waals surface area contributed by atoms with E-state index < -0.39 is 10.0 Å². The Labute approximate surface area is 94.6 Å². The fourth-order valence-corrected chi connectivity index (χ4v) is 2.54. The van der Waals surface area contributed by atoms with Crippen LogP contribution in [0.5, 0.6) is 0 Å². The van der Waals surface area contributed by atoms with Gasteiger partial charge in [-0.15, -0.1) is 0 Å². The number of rotatable bonds is 4. The number of sulfonamides is 1. The molecule has 0 saturated carbocycles. The van der Waals surface area contributed by atoms with E-state index in [-0.39, 0.29) is 16.3 Å². The molecule has 0 aliphatic carbocycles. The average molecular weight is 260 g/mol. The molecule has 0 aliphatic rings. The molecule has 0 amide bonds. The van der Waals surface area contributed by atoms with Crippen LogP contribution in [-0.4, -0.2) is 23.6 Å². The van der Waals surface area contributed by atoms with Crippen LogP contribution in [0.15, 0.2) is 27.5 Å². The van der Waals surface area contributed by atoms with Crippen molar-refractivity contribution < 1.29 is 8.42 Å². The van der Waals surface area contributed by atoms with Gasteiger partial charge in [0.05, 0.1) is 12.7 Å². The van der Waals surface area contributed by atoms with Gasteiger partial charge in [-0.25, -0.2) is 13.1 Å². The van der Waals surface area contributed by atoms with E-state index >= 15 is 0 Å². The summed E-state index contributed by atoms with van der Waals surface area (Å²) < 4.78 is 25.6. The number of aromatic amines is 2. The normalized spacial score (nSPS) is 11.8. The second-order valence-electron chi connectivity index (χ2n) is 2.93. The van der Waals surface area contributed by atoms with E-state index in [1.807, 2.05) is 0 Å². The summed E-state index contributed by atoms with van der Waals surface area (Å²) in [6.45, 7) is 0.0479. The average Bonchev–Trinajstić information content (AvgIpc) is 2.85. The molecular formula is C7H8N4O3S2. The molecule has 0 aromatic carbocycles. The summed E-state index contributed by atoms with van der Waals surface area (Å²) in [4.78, 5) is 13.2. The predicted molar refractivity (Wildman–Crippen MR) is 57.6 cm³/mol. The van der Waals surface area contributed by atoms with Crippen molar-refractivity contribution in [3.8, 4) is 0 Å². The molecule has 0 spiro atoms. The molecule has 0 unspecified atom stereocenters. The maximum Gasteiger partial charge on any atom is 0.304 e. The maximum absolute atomic E-state index is 11.6. The summed E-state index contributed by atoms with van der Waals surface area (Å²) in [5.41, 5.74) is 0.530. The summed E-state index contributed by atoms with van der Waals surface area (Å²) >= 11 is 0.988. The number of aromatic nitrogens is 3. The molecule has 16 heavy (non-hydrogen) atoms. The van der Waals surface area contributed by atoms with Gasteiger partial charge in [0.1, 0.15) is 4.90 Å². The van der Waals surface area contributed by atoms with Crippen LogP contribution in [0, 0.1) is 0 Å². The Bertz CT molecular complexity index is 610. The van der Waals surface area contributed by atoms with Crippen molar-refractivity contribution in [2.75, 3.05) is 0 Å². The molecule has 2 heterocycles. The highest BCUT2D eigenvalue weighted by Crippen LogP contribution is 2.05. The van der Waals surface area contributed by atoms with Gasteiger partial charge in [-0.1, -0.05) is 11.3 Å². The first-order chi connectivity index (χ1) is 7.58. The molecule has 2 rings (SSSR count). The van der Waals surface area contributed by atoms with E-state index in [4.69, 9.17) is 0 Å². The topological polar surface area (TPSA) is 108 Å². The highest BCUT2D eigenvalue weighted by Gasteiger charge is 2.14. The smallest absolute Gasteiger partial charge is 0.304 e. The first-order valence-corrected chi connectivity index (χ1v) is 6.59. The molecule has 0 saturated heterocycles. The van der Waals surface area contributed by atoms with E-state index in [0.29, 0.717) is 5.69 Å². The zero-order valence-electron chi connectivity index (χ0n) is 7.93. The van der Waals surface area contributed by atoms with Gasteiger partial charge >= 0.3 is 4.87 Å². The molecule has 2 aromatic heterocycles. The Hall–Kier alpha value is -1.45. The van der Waals surface area contributed by atoms with Crippen molar-refractivity contribution in [2.24, 2.45) is 0 Å². The van der Waals surface area contributed by atoms with Gasteiger partial charge in [-0.2, -0.15) is 5.10 Å². The summed E-state index contributed by atoms with van der Waals surface area (Å²) in [6.07, 6.45) is 2.48. The number of thiazole rings is 1. The van der Waals surface area contributed by atoms with Crippen molar-refractivity contribution in [1.29, 1.82) is 0 Å². The summed E-state index contributed by atoms with van der Waals surface area (Å²) in [6, 6.07) is 0. The van der Waals surface area contributed by atoms with E-state index in [9.17, 15) is 13.2 Å². The highest BCUT2D eigenvalue weighted by molar-refractivity contribution is 7.89. The van der Waals surface area contributed by atoms with Gasteiger partial charge in [0.15, 0.2) is 0 Å². The molecule has 9 heteroatoms. The minimum atomic E-state index is -3.57. The highest BCUT2D eigenvalue weighted by atomic mass is 32.2. The van der Waals surface area contributed by atoms with E-state index in [0.717, 1.165) is 11.3 Å². The third-order valence-corrected chi connectivity index (χ3v) is 3.89. The SMILES string of the molecule is O=c1[nH]c(CNS(=O)(=O)c2cn[nH]c2)cs1. The molecule has 0 radical (unpaired) electrons. The second-order valence-corrected chi connectivity index (χ2v) is 5.54. The van der Waals surface area contributed by atoms with Crippen molar-refractivity contribution in [3.05, 3.63) is 33.1 Å². The van der Waals surface area contributed by atoms with Gasteiger partial charge in [0.2, 0.25) is 10.0 Å². The lowest BCUT2D eigenvalue weighted by molar-refractivity contribution is 0.580. The monoisotopic (exact) mass is 260 g/mol. The van der Waals surface area contributed by atoms with Gasteiger partial charge < -0.3 is 4.98 Å². The van der Waals surface area contributed by atoms with Crippen LogP contribution in [0.3, 0.4) is 0 Å². The minimum Gasteiger partial charge on any atom is -0.315 e. The van der Waals surface area contributed by atoms with E-state index in [2.05, 4.69) is 19.9 Å². The summed E-state index contributed by atoms with van der Waals surface area (Å²) in [7, 11) is -3.57. The molecule has 2 aromatic rings. The van der Waals surface area contributed by atoms with Crippen LogP contribution in [-0.2, 0) is 16.6 Å². The Morgan fingerprint density at radius 3 is 2.88 bits per heavy atom. The number of hydrogen-bond donors (Lipinski definition) is 3. The summed E-state index contributed by atoms with van der Waals surface area (Å²) in [5.74, 6) is 0. The molecule has 0 bridgehead atoms. The van der Waals surface area contributed by atoms with Gasteiger partial charge in [0, 0.05) is 17.3 Å². The fraction of sp³-hybridized carbons (Fsp3) is 0.143. The van der Waals surface area contributed by atoms with Crippen LogP contribution in [0.25, 0.3) is 0 Å². The second kappa shape index (κ2) is 4.20. The predicted octanol–water partition coefficient (Wildman–Crippen LogP) is -0.362. The van der Waals surface area contributed by atoms with E-state index in [1.54, 1.807) is 5.38 Å². The molecule has 7 nitrogen and oxygen atoms in total. The largest absolute Gasteiger partial charge is 0.315 e. The molecule has 0 aliphatic heterocycles. The lowest BCUT2D eigenvalue weighted by Crippen LogP contribution is -2.23. The third-order valence-electron chi connectivity index (χ3n) is 1.81. The Balaban J connectivity index is 2.09. The standard InChI is InChI=1S/C7H8N4O3S2/c12-7-11-5(4-15-7)1-10-16(13,14)6-2-8-9-3-6/h2-4,10H,1H2,(H,8,9)(H,11,12). The molecule has 0 fully saturated rings. The van der Waals surface area contributed by atoms with Crippen LogP contribution >= 0.6 is 11.3 Å². The van der Waals surface area contributed by atoms with Crippen molar-refractivity contribution in [1.82, 2.24) is 19.9 Å². The van der Waals surface area contributed by atoms with Crippen LogP contribution < -0.4 is 9.60 Å². The first-order valence-electron chi connectivity index (χ1n) is 4.23. The number of hydrogen-bond acceptors (Lipinski definition) is 5. The third kappa shape index (κ3) is 2.38. The number of H-pyrrole nitrogens is 2. The first kappa shape index (κ1) is 11.0.